The van der Waals surface area contributed by atoms with Gasteiger partial charge in [-0.15, -0.1) is 0 Å². The molecule has 142 valence electrons. The standard InChI is InChI=1S/C17H16N2O7S/c1-2-18(8-11-3-4-12-13(7-11)26-10-25-12)15(20)9-24-17(21)14-5-6-16(27-14)19(22)23/h3-7H,2,8-10H2,1H3. The number of ether oxygens (including phenoxy) is 3. The molecule has 1 aliphatic rings. The molecule has 0 spiro atoms. The highest BCUT2D eigenvalue weighted by molar-refractivity contribution is 7.17. The molecule has 1 aromatic heterocycles. The first-order valence-corrected chi connectivity index (χ1v) is 8.87. The summed E-state index contributed by atoms with van der Waals surface area (Å²) in [6.45, 7) is 2.30. The Hall–Kier alpha value is -3.14. The minimum atomic E-state index is -0.763. The number of carbonyl (C=O) groups is 2. The molecule has 0 N–H and O–H groups in total. The van der Waals surface area contributed by atoms with Crippen LogP contribution in [0, 0.1) is 10.1 Å². The van der Waals surface area contributed by atoms with Gasteiger partial charge in [-0.2, -0.15) is 0 Å². The van der Waals surface area contributed by atoms with Crippen LogP contribution in [0.2, 0.25) is 0 Å². The number of nitro groups is 1. The van der Waals surface area contributed by atoms with Crippen LogP contribution in [0.1, 0.15) is 22.2 Å². The van der Waals surface area contributed by atoms with E-state index in [4.69, 9.17) is 14.2 Å². The Kier molecular flexibility index (Phi) is 5.55. The van der Waals surface area contributed by atoms with Crippen molar-refractivity contribution in [1.82, 2.24) is 4.90 Å². The molecule has 1 amide bonds. The minimum Gasteiger partial charge on any atom is -0.454 e. The van der Waals surface area contributed by atoms with Crippen LogP contribution in [-0.4, -0.2) is 41.6 Å². The van der Waals surface area contributed by atoms with Crippen molar-refractivity contribution in [2.75, 3.05) is 19.9 Å². The van der Waals surface area contributed by atoms with Gasteiger partial charge < -0.3 is 19.1 Å². The highest BCUT2D eigenvalue weighted by Crippen LogP contribution is 2.32. The normalized spacial score (nSPS) is 11.9. The second-order valence-electron chi connectivity index (χ2n) is 5.57. The molecule has 9 nitrogen and oxygen atoms in total. The lowest BCUT2D eigenvalue weighted by atomic mass is 10.2. The summed E-state index contributed by atoms with van der Waals surface area (Å²) in [5.74, 6) is 0.156. The number of carbonyl (C=O) groups excluding carboxylic acids is 2. The summed E-state index contributed by atoms with van der Waals surface area (Å²) in [6.07, 6.45) is 0. The fraction of sp³-hybridized carbons (Fsp3) is 0.294. The molecule has 0 saturated heterocycles. The van der Waals surface area contributed by atoms with E-state index in [1.165, 1.54) is 17.0 Å². The molecule has 1 aromatic carbocycles. The van der Waals surface area contributed by atoms with Crippen molar-refractivity contribution < 1.29 is 28.7 Å². The van der Waals surface area contributed by atoms with E-state index in [0.717, 1.165) is 5.56 Å². The molecule has 2 aromatic rings. The monoisotopic (exact) mass is 392 g/mol. The molecule has 27 heavy (non-hydrogen) atoms. The topological polar surface area (TPSA) is 108 Å². The van der Waals surface area contributed by atoms with Gasteiger partial charge in [-0.3, -0.25) is 14.9 Å². The third-order valence-corrected chi connectivity index (χ3v) is 4.86. The maximum Gasteiger partial charge on any atom is 0.349 e. The van der Waals surface area contributed by atoms with Crippen molar-refractivity contribution in [3.63, 3.8) is 0 Å². The van der Waals surface area contributed by atoms with E-state index in [9.17, 15) is 19.7 Å². The van der Waals surface area contributed by atoms with Gasteiger partial charge in [0.25, 0.3) is 5.91 Å². The van der Waals surface area contributed by atoms with Crippen LogP contribution < -0.4 is 9.47 Å². The van der Waals surface area contributed by atoms with Crippen molar-refractivity contribution in [1.29, 1.82) is 0 Å². The van der Waals surface area contributed by atoms with Crippen molar-refractivity contribution in [3.05, 3.63) is 50.9 Å². The average Bonchev–Trinajstić information content (AvgIpc) is 3.32. The number of thiophene rings is 1. The molecule has 0 aliphatic carbocycles. The van der Waals surface area contributed by atoms with E-state index >= 15 is 0 Å². The Labute approximate surface area is 158 Å². The van der Waals surface area contributed by atoms with Crippen molar-refractivity contribution in [2.24, 2.45) is 0 Å². The van der Waals surface area contributed by atoms with Gasteiger partial charge in [0.05, 0.1) is 4.92 Å². The summed E-state index contributed by atoms with van der Waals surface area (Å²) in [6, 6.07) is 7.94. The van der Waals surface area contributed by atoms with Crippen LogP contribution in [0.4, 0.5) is 5.00 Å². The van der Waals surface area contributed by atoms with E-state index in [2.05, 4.69) is 0 Å². The van der Waals surface area contributed by atoms with Crippen LogP contribution >= 0.6 is 11.3 Å². The SMILES string of the molecule is CCN(Cc1ccc2c(c1)OCO2)C(=O)COC(=O)c1ccc([N+](=O)[O-])s1. The Morgan fingerprint density at radius 3 is 2.74 bits per heavy atom. The molecule has 2 heterocycles. The number of likely N-dealkylation sites (N-methyl/N-ethyl adjacent to an activating group) is 1. The van der Waals surface area contributed by atoms with Gasteiger partial charge >= 0.3 is 11.0 Å². The number of hydrogen-bond acceptors (Lipinski definition) is 8. The number of esters is 1. The first-order chi connectivity index (χ1) is 13.0. The van der Waals surface area contributed by atoms with E-state index in [1.807, 2.05) is 13.0 Å². The predicted octanol–water partition coefficient (Wildman–Crippen LogP) is 2.59. The Bertz CT molecular complexity index is 880. The highest BCUT2D eigenvalue weighted by Gasteiger charge is 2.20. The zero-order valence-corrected chi connectivity index (χ0v) is 15.2. The van der Waals surface area contributed by atoms with Crippen LogP contribution in [0.5, 0.6) is 11.5 Å². The molecule has 0 radical (unpaired) electrons. The van der Waals surface area contributed by atoms with Crippen LogP contribution in [0.25, 0.3) is 0 Å². The van der Waals surface area contributed by atoms with E-state index in [1.54, 1.807) is 12.1 Å². The van der Waals surface area contributed by atoms with Crippen molar-refractivity contribution in [2.45, 2.75) is 13.5 Å². The van der Waals surface area contributed by atoms with Gasteiger partial charge in [0.1, 0.15) is 4.88 Å². The molecule has 3 rings (SSSR count). The van der Waals surface area contributed by atoms with Gasteiger partial charge in [-0.05, 0) is 30.7 Å². The smallest absolute Gasteiger partial charge is 0.349 e. The maximum atomic E-state index is 12.3. The summed E-state index contributed by atoms with van der Waals surface area (Å²) in [5, 5.41) is 10.5. The zero-order chi connectivity index (χ0) is 19.4. The molecule has 1 aliphatic heterocycles. The highest BCUT2D eigenvalue weighted by atomic mass is 32.1. The van der Waals surface area contributed by atoms with E-state index in [-0.39, 0.29) is 22.6 Å². The number of fused-ring (bicyclic) bond motifs is 1. The van der Waals surface area contributed by atoms with Crippen LogP contribution in [0.3, 0.4) is 0 Å². The number of rotatable bonds is 7. The number of amides is 1. The zero-order valence-electron chi connectivity index (χ0n) is 14.4. The quantitative estimate of drug-likeness (QED) is 0.405. The van der Waals surface area contributed by atoms with Gasteiger partial charge in [-0.25, -0.2) is 4.79 Å². The van der Waals surface area contributed by atoms with Crippen LogP contribution in [0.15, 0.2) is 30.3 Å². The van der Waals surface area contributed by atoms with E-state index < -0.39 is 17.5 Å². The summed E-state index contributed by atoms with van der Waals surface area (Å²) < 4.78 is 15.6. The Morgan fingerprint density at radius 2 is 2.04 bits per heavy atom. The summed E-state index contributed by atoms with van der Waals surface area (Å²) >= 11 is 0.705. The third kappa shape index (κ3) is 4.34. The lowest BCUT2D eigenvalue weighted by molar-refractivity contribution is -0.380. The van der Waals surface area contributed by atoms with Crippen molar-refractivity contribution in [3.8, 4) is 11.5 Å². The number of hydrogen-bond donors (Lipinski definition) is 0. The van der Waals surface area contributed by atoms with Gasteiger partial charge in [0.2, 0.25) is 6.79 Å². The number of nitrogens with zero attached hydrogens (tertiary/aromatic N) is 2. The first kappa shape index (κ1) is 18.6. The van der Waals surface area contributed by atoms with Crippen LogP contribution in [-0.2, 0) is 16.1 Å². The number of benzene rings is 1. The lowest BCUT2D eigenvalue weighted by Gasteiger charge is -2.21. The largest absolute Gasteiger partial charge is 0.454 e. The third-order valence-electron chi connectivity index (χ3n) is 3.84. The van der Waals surface area contributed by atoms with Gasteiger partial charge in [0.15, 0.2) is 18.1 Å². The maximum absolute atomic E-state index is 12.3. The fourth-order valence-electron chi connectivity index (χ4n) is 2.46. The molecule has 0 fully saturated rings. The summed E-state index contributed by atoms with van der Waals surface area (Å²) in [7, 11) is 0. The Balaban J connectivity index is 1.56. The van der Waals surface area contributed by atoms with Gasteiger partial charge in [-0.1, -0.05) is 17.4 Å². The molecule has 0 atom stereocenters. The Morgan fingerprint density at radius 1 is 1.26 bits per heavy atom. The summed E-state index contributed by atoms with van der Waals surface area (Å²) in [4.78, 5) is 36.0. The first-order valence-electron chi connectivity index (χ1n) is 8.05. The lowest BCUT2D eigenvalue weighted by Crippen LogP contribution is -2.34. The van der Waals surface area contributed by atoms with E-state index in [0.29, 0.717) is 35.9 Å². The molecular formula is C17H16N2O7S. The fourth-order valence-corrected chi connectivity index (χ4v) is 3.18. The molecular weight excluding hydrogens is 376 g/mol. The second-order valence-corrected chi connectivity index (χ2v) is 6.63. The minimum absolute atomic E-state index is 0.0771. The molecule has 0 bridgehead atoms. The predicted molar refractivity (Wildman–Crippen MR) is 94.9 cm³/mol. The second kappa shape index (κ2) is 8.04. The molecule has 0 unspecified atom stereocenters. The van der Waals surface area contributed by atoms with Gasteiger partial charge in [0, 0.05) is 19.2 Å². The molecule has 10 heteroatoms. The molecule has 0 saturated carbocycles. The van der Waals surface area contributed by atoms with Crippen molar-refractivity contribution >= 4 is 28.2 Å². The summed E-state index contributed by atoms with van der Waals surface area (Å²) in [5.41, 5.74) is 0.856. The average molecular weight is 392 g/mol.